The molecule has 2 fully saturated rings. The molecule has 17 heteroatoms. The standard InChI is InChI=1S/C39H44O17/c1-20-33(47)35(49)34(48)29(54-20)18-53-38-36(50)39(51-15-14-21-2-8-24(40)9-3-21)55-30(19-52-31(45)12-6-22-4-10-25(41)27(43)16-22)37(38)56-32(46)13-7-23-5-11-26(42)28(44)17-23/h2-13,16-17,20,29-30,33-44,47-50H,14-15,18-19H2,1H3/b12-6+,13-7+/t20-,29-,30+,33-,34-,35+,36+,37+,38+,39+/m0/s1. The minimum atomic E-state index is -1.69. The van der Waals surface area contributed by atoms with Gasteiger partial charge in [-0.05, 0) is 78.6 Å². The van der Waals surface area contributed by atoms with Crippen LogP contribution in [0.3, 0.4) is 0 Å². The van der Waals surface area contributed by atoms with Gasteiger partial charge in [-0.2, -0.15) is 0 Å². The molecule has 10 atom stereocenters. The molecule has 2 heterocycles. The average Bonchev–Trinajstić information content (AvgIpc) is 3.17. The summed E-state index contributed by atoms with van der Waals surface area (Å²) in [7, 11) is 0. The first-order valence-corrected chi connectivity index (χ1v) is 17.5. The first-order valence-electron chi connectivity index (χ1n) is 17.5. The first kappa shape index (κ1) is 41.9. The monoisotopic (exact) mass is 784 g/mol. The molecular formula is C39H44O17. The maximum Gasteiger partial charge on any atom is 0.331 e. The number of aliphatic hydroxyl groups is 4. The number of carbonyl (C=O) groups is 2. The lowest BCUT2D eigenvalue weighted by atomic mass is 9.95. The molecular weight excluding hydrogens is 740 g/mol. The SMILES string of the molecule is C[C@@H]1O[C@@H](CO[C@@H]2[C@@H](O)[C@H](OCCc3ccc(O)cc3)O[C@H](COC(=O)/C=C/c3ccc(O)c(O)c3)[C@H]2OC(=O)/C=C/c2ccc(O)c(O)c2)[C@H](O)[C@H](O)[C@H]1O. The van der Waals surface area contributed by atoms with E-state index in [2.05, 4.69) is 0 Å². The molecule has 2 aliphatic heterocycles. The van der Waals surface area contributed by atoms with E-state index in [4.69, 9.17) is 28.4 Å². The van der Waals surface area contributed by atoms with Crippen LogP contribution in [0.5, 0.6) is 28.7 Å². The van der Waals surface area contributed by atoms with Gasteiger partial charge in [-0.25, -0.2) is 9.59 Å². The lowest BCUT2D eigenvalue weighted by Gasteiger charge is -2.44. The van der Waals surface area contributed by atoms with E-state index >= 15 is 0 Å². The van der Waals surface area contributed by atoms with Crippen LogP contribution < -0.4 is 0 Å². The summed E-state index contributed by atoms with van der Waals surface area (Å²) in [5.41, 5.74) is 1.44. The molecule has 0 spiro atoms. The van der Waals surface area contributed by atoms with E-state index in [1.807, 2.05) is 0 Å². The van der Waals surface area contributed by atoms with Crippen LogP contribution in [0.15, 0.2) is 72.8 Å². The van der Waals surface area contributed by atoms with Gasteiger partial charge in [0, 0.05) is 12.2 Å². The van der Waals surface area contributed by atoms with Crippen molar-refractivity contribution in [3.8, 4) is 28.7 Å². The highest BCUT2D eigenvalue weighted by molar-refractivity contribution is 5.88. The van der Waals surface area contributed by atoms with Crippen molar-refractivity contribution >= 4 is 24.1 Å². The van der Waals surface area contributed by atoms with Crippen LogP contribution in [0, 0.1) is 0 Å². The molecule has 9 N–H and O–H groups in total. The zero-order valence-corrected chi connectivity index (χ0v) is 30.0. The van der Waals surface area contributed by atoms with Crippen molar-refractivity contribution in [3.63, 3.8) is 0 Å². The van der Waals surface area contributed by atoms with Gasteiger partial charge in [-0.1, -0.05) is 24.3 Å². The fourth-order valence-electron chi connectivity index (χ4n) is 5.94. The van der Waals surface area contributed by atoms with E-state index < -0.39 is 97.9 Å². The summed E-state index contributed by atoms with van der Waals surface area (Å²) < 4.78 is 34.8. The van der Waals surface area contributed by atoms with Crippen LogP contribution in [-0.2, 0) is 44.4 Å². The first-order chi connectivity index (χ1) is 26.7. The third-order valence-corrected chi connectivity index (χ3v) is 9.09. The molecule has 0 amide bonds. The second kappa shape index (κ2) is 19.1. The number of hydrogen-bond donors (Lipinski definition) is 9. The zero-order valence-electron chi connectivity index (χ0n) is 30.0. The highest BCUT2D eigenvalue weighted by atomic mass is 16.7. The second-order valence-corrected chi connectivity index (χ2v) is 13.2. The minimum absolute atomic E-state index is 0.0212. The molecule has 0 saturated carbocycles. The van der Waals surface area contributed by atoms with Crippen molar-refractivity contribution in [2.75, 3.05) is 19.8 Å². The lowest BCUT2D eigenvalue weighted by Crippen LogP contribution is -2.63. The van der Waals surface area contributed by atoms with Crippen LogP contribution in [0.4, 0.5) is 0 Å². The van der Waals surface area contributed by atoms with Crippen molar-refractivity contribution in [1.82, 2.24) is 0 Å². The number of carbonyl (C=O) groups excluding carboxylic acids is 2. The number of phenolic OH excluding ortho intramolecular Hbond substituents is 5. The predicted molar refractivity (Wildman–Crippen MR) is 193 cm³/mol. The van der Waals surface area contributed by atoms with E-state index in [0.29, 0.717) is 17.5 Å². The van der Waals surface area contributed by atoms with Gasteiger partial charge >= 0.3 is 11.9 Å². The summed E-state index contributed by atoms with van der Waals surface area (Å²) in [5.74, 6) is -3.42. The molecule has 302 valence electrons. The number of phenols is 5. The Labute approximate surface area is 320 Å². The average molecular weight is 785 g/mol. The number of esters is 2. The molecule has 3 aromatic carbocycles. The zero-order chi connectivity index (χ0) is 40.5. The summed E-state index contributed by atoms with van der Waals surface area (Å²) >= 11 is 0. The van der Waals surface area contributed by atoms with Crippen molar-refractivity contribution < 1.29 is 84.0 Å². The topological polar surface area (TPSA) is 272 Å². The van der Waals surface area contributed by atoms with Crippen LogP contribution >= 0.6 is 0 Å². The summed E-state index contributed by atoms with van der Waals surface area (Å²) in [5, 5.41) is 91.2. The summed E-state index contributed by atoms with van der Waals surface area (Å²) in [6.45, 7) is 0.365. The quantitative estimate of drug-likeness (QED) is 0.0627. The molecule has 0 radical (unpaired) electrons. The molecule has 2 aliphatic rings. The molecule has 3 aromatic rings. The summed E-state index contributed by atoms with van der Waals surface area (Å²) in [6, 6.07) is 14.0. The van der Waals surface area contributed by atoms with Gasteiger partial charge < -0.3 is 74.4 Å². The van der Waals surface area contributed by atoms with Crippen LogP contribution in [0.25, 0.3) is 12.2 Å². The Bertz CT molecular complexity index is 1850. The highest BCUT2D eigenvalue weighted by Gasteiger charge is 2.50. The summed E-state index contributed by atoms with van der Waals surface area (Å²) in [4.78, 5) is 26.1. The van der Waals surface area contributed by atoms with Gasteiger partial charge in [0.05, 0.1) is 19.3 Å². The smallest absolute Gasteiger partial charge is 0.331 e. The Hall–Kier alpha value is -5.24. The fourth-order valence-corrected chi connectivity index (χ4v) is 5.94. The van der Waals surface area contributed by atoms with E-state index in [1.54, 1.807) is 12.1 Å². The maximum atomic E-state index is 13.3. The maximum absolute atomic E-state index is 13.3. The third-order valence-electron chi connectivity index (χ3n) is 9.09. The van der Waals surface area contributed by atoms with Gasteiger partial charge in [-0.15, -0.1) is 0 Å². The predicted octanol–water partition coefficient (Wildman–Crippen LogP) is 0.996. The Kier molecular flexibility index (Phi) is 14.3. The van der Waals surface area contributed by atoms with Gasteiger partial charge in [-0.3, -0.25) is 0 Å². The van der Waals surface area contributed by atoms with Gasteiger partial charge in [0.1, 0.15) is 55.1 Å². The molecule has 0 aromatic heterocycles. The Morgan fingerprint density at radius 1 is 0.643 bits per heavy atom. The van der Waals surface area contributed by atoms with Crippen LogP contribution in [-0.4, -0.2) is 139 Å². The number of benzene rings is 3. The summed E-state index contributed by atoms with van der Waals surface area (Å²) in [6.07, 6.45) is -9.39. The van der Waals surface area contributed by atoms with Crippen LogP contribution in [0.2, 0.25) is 0 Å². The second-order valence-electron chi connectivity index (χ2n) is 13.2. The molecule has 0 bridgehead atoms. The lowest BCUT2D eigenvalue weighted by molar-refractivity contribution is -0.315. The minimum Gasteiger partial charge on any atom is -0.508 e. The molecule has 56 heavy (non-hydrogen) atoms. The van der Waals surface area contributed by atoms with Crippen molar-refractivity contribution in [3.05, 3.63) is 89.5 Å². The Morgan fingerprint density at radius 2 is 1.25 bits per heavy atom. The Morgan fingerprint density at radius 3 is 1.86 bits per heavy atom. The number of aliphatic hydroxyl groups excluding tert-OH is 4. The number of rotatable bonds is 14. The van der Waals surface area contributed by atoms with E-state index in [0.717, 1.165) is 17.7 Å². The number of hydrogen-bond acceptors (Lipinski definition) is 17. The molecule has 2 saturated heterocycles. The van der Waals surface area contributed by atoms with E-state index in [-0.39, 0.29) is 23.9 Å². The molecule has 5 rings (SSSR count). The van der Waals surface area contributed by atoms with Gasteiger partial charge in [0.2, 0.25) is 0 Å². The fraction of sp³-hybridized carbons (Fsp3) is 0.385. The van der Waals surface area contributed by atoms with E-state index in [1.165, 1.54) is 67.6 Å². The normalized spacial score (nSPS) is 28.0. The molecule has 0 aliphatic carbocycles. The van der Waals surface area contributed by atoms with Crippen molar-refractivity contribution in [1.29, 1.82) is 0 Å². The Balaban J connectivity index is 1.39. The van der Waals surface area contributed by atoms with Crippen LogP contribution in [0.1, 0.15) is 23.6 Å². The highest BCUT2D eigenvalue weighted by Crippen LogP contribution is 2.31. The van der Waals surface area contributed by atoms with Gasteiger partial charge in [0.15, 0.2) is 35.4 Å². The largest absolute Gasteiger partial charge is 0.508 e. The number of ether oxygens (including phenoxy) is 6. The third kappa shape index (κ3) is 11.0. The van der Waals surface area contributed by atoms with Crippen molar-refractivity contribution in [2.24, 2.45) is 0 Å². The molecule has 17 nitrogen and oxygen atoms in total. The molecule has 0 unspecified atom stereocenters. The van der Waals surface area contributed by atoms with Gasteiger partial charge in [0.25, 0.3) is 0 Å². The van der Waals surface area contributed by atoms with E-state index in [9.17, 15) is 55.5 Å². The van der Waals surface area contributed by atoms with Crippen molar-refractivity contribution in [2.45, 2.75) is 74.6 Å². The number of aromatic hydroxyl groups is 5.